The molecule has 3 saturated carbocycles. The maximum absolute atomic E-state index is 14.2. The fraction of sp³-hybridized carbons (Fsp3) is 0.636. The second-order valence-corrected chi connectivity index (χ2v) is 13.1. The number of phenolic OH excluding ortho intramolecular Hbond substituents is 1. The predicted octanol–water partition coefficient (Wildman–Crippen LogP) is 4.70. The van der Waals surface area contributed by atoms with Crippen molar-refractivity contribution in [1.29, 1.82) is 0 Å². The van der Waals surface area contributed by atoms with Crippen molar-refractivity contribution in [2.24, 2.45) is 29.6 Å². The third-order valence-corrected chi connectivity index (χ3v) is 11.1. The van der Waals surface area contributed by atoms with E-state index >= 15 is 0 Å². The molecule has 8 nitrogen and oxygen atoms in total. The van der Waals surface area contributed by atoms with Crippen LogP contribution in [0.15, 0.2) is 29.8 Å². The van der Waals surface area contributed by atoms with Crippen LogP contribution in [0.3, 0.4) is 0 Å². The van der Waals surface area contributed by atoms with Crippen LogP contribution in [0.1, 0.15) is 88.5 Å². The molecule has 2 aliphatic heterocycles. The van der Waals surface area contributed by atoms with E-state index < -0.39 is 29.6 Å². The summed E-state index contributed by atoms with van der Waals surface area (Å²) in [6.45, 7) is 0. The number of amides is 4. The fourth-order valence-electron chi connectivity index (χ4n) is 9.34. The summed E-state index contributed by atoms with van der Waals surface area (Å²) in [6, 6.07) is 4.84. The van der Waals surface area contributed by atoms with E-state index in [4.69, 9.17) is 4.74 Å². The van der Waals surface area contributed by atoms with Gasteiger partial charge in [-0.05, 0) is 50.5 Å². The highest BCUT2D eigenvalue weighted by Gasteiger charge is 2.63. The summed E-state index contributed by atoms with van der Waals surface area (Å²) in [7, 11) is 1.54. The second kappa shape index (κ2) is 10.3. The fourth-order valence-corrected chi connectivity index (χ4v) is 9.34. The number of rotatable bonds is 4. The highest BCUT2D eigenvalue weighted by Crippen LogP contribution is 2.59. The first-order valence-electron chi connectivity index (χ1n) is 15.7. The van der Waals surface area contributed by atoms with Crippen molar-refractivity contribution in [3.8, 4) is 11.5 Å². The van der Waals surface area contributed by atoms with E-state index in [-0.39, 0.29) is 47.4 Å². The van der Waals surface area contributed by atoms with Crippen molar-refractivity contribution in [1.82, 2.24) is 9.80 Å². The van der Waals surface area contributed by atoms with Gasteiger partial charge in [0, 0.05) is 29.6 Å². The Bertz CT molecular complexity index is 1310. The van der Waals surface area contributed by atoms with Gasteiger partial charge in [0.05, 0.1) is 30.8 Å². The van der Waals surface area contributed by atoms with Crippen LogP contribution >= 0.6 is 0 Å². The van der Waals surface area contributed by atoms with Crippen LogP contribution in [0.4, 0.5) is 0 Å². The number of aromatic hydroxyl groups is 1. The number of phenols is 1. The Balaban J connectivity index is 1.31. The number of benzene rings is 1. The van der Waals surface area contributed by atoms with Crippen molar-refractivity contribution in [3.05, 3.63) is 35.4 Å². The van der Waals surface area contributed by atoms with E-state index in [1.165, 1.54) is 0 Å². The highest BCUT2D eigenvalue weighted by molar-refractivity contribution is 6.08. The minimum Gasteiger partial charge on any atom is -0.508 e. The van der Waals surface area contributed by atoms with Crippen LogP contribution in [-0.2, 0) is 19.2 Å². The Morgan fingerprint density at radius 3 is 1.93 bits per heavy atom. The maximum atomic E-state index is 14.2. The van der Waals surface area contributed by atoms with Crippen molar-refractivity contribution in [3.63, 3.8) is 0 Å². The SMILES string of the molecule is COc1cc(O)ccc1[C@H]1C2=CC[C@@H]3C(=O)N(C4CCCCC4)C(=O)[C@@H]3[C@@H]2C[C@H]2C(=O)N(C3CCCCC3)C(=O)[C@@H]12. The van der Waals surface area contributed by atoms with Gasteiger partial charge in [0.2, 0.25) is 23.6 Å². The van der Waals surface area contributed by atoms with Crippen LogP contribution in [0.5, 0.6) is 11.5 Å². The van der Waals surface area contributed by atoms with Gasteiger partial charge in [0.25, 0.3) is 0 Å². The number of carbonyl (C=O) groups excluding carboxylic acids is 4. The molecule has 2 saturated heterocycles. The topological polar surface area (TPSA) is 104 Å². The molecule has 0 bridgehead atoms. The summed E-state index contributed by atoms with van der Waals surface area (Å²) >= 11 is 0. The summed E-state index contributed by atoms with van der Waals surface area (Å²) < 4.78 is 5.71. The zero-order chi connectivity index (χ0) is 28.4. The van der Waals surface area contributed by atoms with Crippen LogP contribution < -0.4 is 4.74 Å². The summed E-state index contributed by atoms with van der Waals surface area (Å²) in [5.41, 5.74) is 1.73. The smallest absolute Gasteiger partial charge is 0.234 e. The standard InChI is InChI=1S/C33H40N2O6/c1-41-26-16-20(36)12-13-22(26)27-21-14-15-23-28(32(39)34(30(23)37)18-8-4-2-5-9-18)24(21)17-25-29(27)33(40)35(31(25)38)19-10-6-3-7-11-19/h12-14,16,18-19,23-25,27-29,36H,2-11,15,17H2,1H3/t23-,24+,25+,27+,28-,29+/m0/s1. The van der Waals surface area contributed by atoms with Crippen LogP contribution in [0.2, 0.25) is 0 Å². The number of allylic oxidation sites excluding steroid dienone is 2. The number of hydrogen-bond acceptors (Lipinski definition) is 6. The van der Waals surface area contributed by atoms with Gasteiger partial charge in [-0.25, -0.2) is 0 Å². The first-order chi connectivity index (χ1) is 19.9. The molecule has 6 aliphatic rings. The van der Waals surface area contributed by atoms with Gasteiger partial charge in [0.15, 0.2) is 0 Å². The number of nitrogens with zero attached hydrogens (tertiary/aromatic N) is 2. The molecule has 7 rings (SSSR count). The monoisotopic (exact) mass is 560 g/mol. The Kier molecular flexibility index (Phi) is 6.70. The van der Waals surface area contributed by atoms with E-state index in [1.54, 1.807) is 35.1 Å². The molecule has 4 aliphatic carbocycles. The van der Waals surface area contributed by atoms with Gasteiger partial charge in [0.1, 0.15) is 11.5 Å². The van der Waals surface area contributed by atoms with Crippen molar-refractivity contribution in [2.45, 2.75) is 95.1 Å². The molecule has 8 heteroatoms. The molecule has 4 amide bonds. The molecular weight excluding hydrogens is 520 g/mol. The normalized spacial score (nSPS) is 34.4. The molecule has 6 atom stereocenters. The minimum absolute atomic E-state index is 0.0291. The summed E-state index contributed by atoms with van der Waals surface area (Å²) in [6.07, 6.45) is 12.7. The molecule has 1 aromatic rings. The third kappa shape index (κ3) is 4.07. The van der Waals surface area contributed by atoms with Crippen LogP contribution in [-0.4, -0.2) is 57.7 Å². The van der Waals surface area contributed by atoms with Crippen LogP contribution in [0, 0.1) is 29.6 Å². The average molecular weight is 561 g/mol. The quantitative estimate of drug-likeness (QED) is 0.423. The predicted molar refractivity (Wildman–Crippen MR) is 150 cm³/mol. The minimum atomic E-state index is -0.580. The van der Waals surface area contributed by atoms with E-state index in [9.17, 15) is 24.3 Å². The molecule has 0 aromatic heterocycles. The average Bonchev–Trinajstić information content (AvgIpc) is 3.40. The molecule has 0 radical (unpaired) electrons. The first kappa shape index (κ1) is 26.7. The number of fused-ring (bicyclic) bond motifs is 4. The number of methoxy groups -OCH3 is 1. The number of imide groups is 2. The van der Waals surface area contributed by atoms with Crippen LogP contribution in [0.25, 0.3) is 0 Å². The second-order valence-electron chi connectivity index (χ2n) is 13.1. The van der Waals surface area contributed by atoms with Gasteiger partial charge in [-0.15, -0.1) is 0 Å². The lowest BCUT2D eigenvalue weighted by molar-refractivity contribution is -0.145. The summed E-state index contributed by atoms with van der Waals surface area (Å²) in [5, 5.41) is 10.2. The number of carbonyl (C=O) groups is 4. The van der Waals surface area contributed by atoms with Gasteiger partial charge in [-0.3, -0.25) is 29.0 Å². The molecule has 218 valence electrons. The molecule has 41 heavy (non-hydrogen) atoms. The van der Waals surface area contributed by atoms with E-state index in [2.05, 4.69) is 6.08 Å². The molecule has 2 heterocycles. The summed E-state index contributed by atoms with van der Waals surface area (Å²) in [5.74, 6) is -2.61. The van der Waals surface area contributed by atoms with Crippen molar-refractivity contribution < 1.29 is 29.0 Å². The van der Waals surface area contributed by atoms with E-state index in [1.807, 2.05) is 0 Å². The molecule has 5 fully saturated rings. The third-order valence-electron chi connectivity index (χ3n) is 11.1. The first-order valence-corrected chi connectivity index (χ1v) is 15.7. The molecule has 1 N–H and O–H groups in total. The van der Waals surface area contributed by atoms with Gasteiger partial charge in [-0.2, -0.15) is 0 Å². The lowest BCUT2D eigenvalue weighted by Gasteiger charge is -2.44. The Morgan fingerprint density at radius 1 is 0.732 bits per heavy atom. The lowest BCUT2D eigenvalue weighted by atomic mass is 9.57. The molecule has 0 unspecified atom stereocenters. The largest absolute Gasteiger partial charge is 0.508 e. The van der Waals surface area contributed by atoms with Gasteiger partial charge in [-0.1, -0.05) is 56.2 Å². The Morgan fingerprint density at radius 2 is 1.32 bits per heavy atom. The number of likely N-dealkylation sites (tertiary alicyclic amines) is 2. The molecular formula is C33H40N2O6. The van der Waals surface area contributed by atoms with E-state index in [0.717, 1.165) is 75.3 Å². The number of ether oxygens (including phenoxy) is 1. The molecule has 1 aromatic carbocycles. The van der Waals surface area contributed by atoms with Gasteiger partial charge < -0.3 is 9.84 Å². The zero-order valence-corrected chi connectivity index (χ0v) is 23.8. The van der Waals surface area contributed by atoms with E-state index in [0.29, 0.717) is 18.6 Å². The zero-order valence-electron chi connectivity index (χ0n) is 23.8. The van der Waals surface area contributed by atoms with Gasteiger partial charge >= 0.3 is 0 Å². The van der Waals surface area contributed by atoms with Crippen molar-refractivity contribution in [2.75, 3.05) is 7.11 Å². The van der Waals surface area contributed by atoms with Crippen molar-refractivity contribution >= 4 is 23.6 Å². The summed E-state index contributed by atoms with van der Waals surface area (Å²) in [4.78, 5) is 59.3. The Hall–Kier alpha value is -3.16. The number of hydrogen-bond donors (Lipinski definition) is 1. The molecule has 0 spiro atoms. The Labute approximate surface area is 241 Å². The maximum Gasteiger partial charge on any atom is 0.234 e. The lowest BCUT2D eigenvalue weighted by Crippen LogP contribution is -2.44. The highest BCUT2D eigenvalue weighted by atomic mass is 16.5.